The highest BCUT2D eigenvalue weighted by Crippen LogP contribution is 2.16. The van der Waals surface area contributed by atoms with Crippen molar-refractivity contribution >= 4 is 11.7 Å². The minimum atomic E-state index is -0.925. The highest BCUT2D eigenvalue weighted by molar-refractivity contribution is 5.89. The van der Waals surface area contributed by atoms with Crippen LogP contribution in [0.2, 0.25) is 0 Å². The van der Waals surface area contributed by atoms with E-state index in [2.05, 4.69) is 5.32 Å². The Hall–Kier alpha value is -1.55. The Morgan fingerprint density at radius 2 is 2.06 bits per heavy atom. The summed E-state index contributed by atoms with van der Waals surface area (Å²) in [5, 5.41) is 21.4. The van der Waals surface area contributed by atoms with Crippen LogP contribution >= 0.6 is 0 Å². The van der Waals surface area contributed by atoms with E-state index >= 15 is 0 Å². The van der Waals surface area contributed by atoms with Gasteiger partial charge in [0.2, 0.25) is 0 Å². The molecule has 1 aromatic carbocycles. The van der Waals surface area contributed by atoms with E-state index in [1.807, 2.05) is 0 Å². The Morgan fingerprint density at radius 1 is 1.44 bits per heavy atom. The fourth-order valence-corrected chi connectivity index (χ4v) is 1.33. The van der Waals surface area contributed by atoms with Crippen molar-refractivity contribution in [3.63, 3.8) is 0 Å². The normalized spacial score (nSPS) is 11.2. The molecule has 0 aromatic heterocycles. The molecule has 1 rings (SSSR count). The molecule has 0 amide bonds. The molecule has 0 unspecified atom stereocenters. The van der Waals surface area contributed by atoms with Crippen LogP contribution in [0.25, 0.3) is 0 Å². The molecule has 16 heavy (non-hydrogen) atoms. The van der Waals surface area contributed by atoms with Gasteiger partial charge in [-0.05, 0) is 44.5 Å². The standard InChI is InChI=1S/C12H17NO3/c1-8-6-9(13-7-12(2,3)16)4-5-10(8)11(14)15/h4-6,13,16H,7H2,1-3H3,(H,14,15). The van der Waals surface area contributed by atoms with Crippen LogP contribution in [0.15, 0.2) is 18.2 Å². The molecule has 0 radical (unpaired) electrons. The van der Waals surface area contributed by atoms with Gasteiger partial charge in [0.15, 0.2) is 0 Å². The molecule has 0 aliphatic carbocycles. The molecule has 0 heterocycles. The number of carbonyl (C=O) groups is 1. The molecule has 4 heteroatoms. The Kier molecular flexibility index (Phi) is 3.55. The molecule has 1 aromatic rings. The first kappa shape index (κ1) is 12.5. The van der Waals surface area contributed by atoms with Crippen molar-refractivity contribution < 1.29 is 15.0 Å². The molecular formula is C12H17NO3. The van der Waals surface area contributed by atoms with Crippen molar-refractivity contribution in [3.8, 4) is 0 Å². The lowest BCUT2D eigenvalue weighted by Crippen LogP contribution is -2.29. The van der Waals surface area contributed by atoms with Gasteiger partial charge in [-0.25, -0.2) is 4.79 Å². The molecule has 88 valence electrons. The van der Waals surface area contributed by atoms with Gasteiger partial charge in [-0.1, -0.05) is 0 Å². The number of hydrogen-bond acceptors (Lipinski definition) is 3. The number of hydrogen-bond donors (Lipinski definition) is 3. The van der Waals surface area contributed by atoms with Gasteiger partial charge in [-0.2, -0.15) is 0 Å². The molecule has 0 fully saturated rings. The quantitative estimate of drug-likeness (QED) is 0.729. The zero-order valence-corrected chi connectivity index (χ0v) is 9.74. The largest absolute Gasteiger partial charge is 0.478 e. The van der Waals surface area contributed by atoms with Crippen LogP contribution in [0.4, 0.5) is 5.69 Å². The zero-order valence-electron chi connectivity index (χ0n) is 9.74. The lowest BCUT2D eigenvalue weighted by Gasteiger charge is -2.18. The highest BCUT2D eigenvalue weighted by atomic mass is 16.4. The van der Waals surface area contributed by atoms with Crippen LogP contribution in [0, 0.1) is 6.92 Å². The predicted molar refractivity (Wildman–Crippen MR) is 62.9 cm³/mol. The number of rotatable bonds is 4. The van der Waals surface area contributed by atoms with Crippen LogP contribution < -0.4 is 5.32 Å². The number of benzene rings is 1. The monoisotopic (exact) mass is 223 g/mol. The smallest absolute Gasteiger partial charge is 0.335 e. The van der Waals surface area contributed by atoms with E-state index in [9.17, 15) is 9.90 Å². The molecule has 0 saturated heterocycles. The first-order chi connectivity index (χ1) is 7.29. The summed E-state index contributed by atoms with van der Waals surface area (Å²) in [6.45, 7) is 5.58. The van der Waals surface area contributed by atoms with Gasteiger partial charge < -0.3 is 15.5 Å². The summed E-state index contributed by atoms with van der Waals surface area (Å²) in [7, 11) is 0. The molecular weight excluding hydrogens is 206 g/mol. The summed E-state index contributed by atoms with van der Waals surface area (Å²) >= 11 is 0. The van der Waals surface area contributed by atoms with Gasteiger partial charge >= 0.3 is 5.97 Å². The van der Waals surface area contributed by atoms with Crippen molar-refractivity contribution in [2.75, 3.05) is 11.9 Å². The minimum Gasteiger partial charge on any atom is -0.478 e. The molecule has 4 nitrogen and oxygen atoms in total. The first-order valence-electron chi connectivity index (χ1n) is 5.10. The predicted octanol–water partition coefficient (Wildman–Crippen LogP) is 1.88. The van der Waals surface area contributed by atoms with E-state index in [1.54, 1.807) is 39.0 Å². The van der Waals surface area contributed by atoms with Crippen LogP contribution in [0.3, 0.4) is 0 Å². The number of aromatic carboxylic acids is 1. The lowest BCUT2D eigenvalue weighted by molar-refractivity contribution is 0.0695. The first-order valence-corrected chi connectivity index (χ1v) is 5.10. The SMILES string of the molecule is Cc1cc(NCC(C)(C)O)ccc1C(=O)O. The number of carboxylic acids is 1. The topological polar surface area (TPSA) is 69.6 Å². The van der Waals surface area contributed by atoms with Crippen molar-refractivity contribution in [3.05, 3.63) is 29.3 Å². The van der Waals surface area contributed by atoms with Gasteiger partial charge in [0, 0.05) is 12.2 Å². The second-order valence-electron chi connectivity index (χ2n) is 4.50. The fraction of sp³-hybridized carbons (Fsp3) is 0.417. The Labute approximate surface area is 94.9 Å². The minimum absolute atomic E-state index is 0.300. The zero-order chi connectivity index (χ0) is 12.3. The van der Waals surface area contributed by atoms with Crippen LogP contribution in [-0.2, 0) is 0 Å². The summed E-state index contributed by atoms with van der Waals surface area (Å²) in [5.74, 6) is -0.925. The number of nitrogens with one attached hydrogen (secondary N) is 1. The number of aliphatic hydroxyl groups is 1. The maximum atomic E-state index is 10.8. The van der Waals surface area contributed by atoms with E-state index in [4.69, 9.17) is 5.11 Å². The molecule has 0 spiro atoms. The molecule has 0 aliphatic rings. The Bertz CT molecular complexity index is 394. The van der Waals surface area contributed by atoms with Gasteiger partial charge in [0.1, 0.15) is 0 Å². The number of aryl methyl sites for hydroxylation is 1. The van der Waals surface area contributed by atoms with Gasteiger partial charge in [-0.15, -0.1) is 0 Å². The Morgan fingerprint density at radius 3 is 2.50 bits per heavy atom. The summed E-state index contributed by atoms with van der Waals surface area (Å²) < 4.78 is 0. The van der Waals surface area contributed by atoms with Gasteiger partial charge in [0.25, 0.3) is 0 Å². The van der Waals surface area contributed by atoms with E-state index in [0.29, 0.717) is 17.7 Å². The van der Waals surface area contributed by atoms with Gasteiger partial charge in [-0.3, -0.25) is 0 Å². The molecule has 0 bridgehead atoms. The average molecular weight is 223 g/mol. The third-order valence-corrected chi connectivity index (χ3v) is 2.18. The van der Waals surface area contributed by atoms with Crippen molar-refractivity contribution in [1.82, 2.24) is 0 Å². The fourth-order valence-electron chi connectivity index (χ4n) is 1.33. The second kappa shape index (κ2) is 4.53. The van der Waals surface area contributed by atoms with Crippen LogP contribution in [0.1, 0.15) is 29.8 Å². The maximum Gasteiger partial charge on any atom is 0.335 e. The van der Waals surface area contributed by atoms with Crippen molar-refractivity contribution in [1.29, 1.82) is 0 Å². The van der Waals surface area contributed by atoms with E-state index in [0.717, 1.165) is 5.69 Å². The Balaban J connectivity index is 2.78. The van der Waals surface area contributed by atoms with Crippen LogP contribution in [-0.4, -0.2) is 28.3 Å². The summed E-state index contributed by atoms with van der Waals surface area (Å²) in [6.07, 6.45) is 0. The number of anilines is 1. The average Bonchev–Trinajstić information content (AvgIpc) is 2.13. The van der Waals surface area contributed by atoms with Crippen molar-refractivity contribution in [2.45, 2.75) is 26.4 Å². The van der Waals surface area contributed by atoms with E-state index < -0.39 is 11.6 Å². The lowest BCUT2D eigenvalue weighted by atomic mass is 10.1. The number of carboxylic acid groups (broad SMARTS) is 1. The molecule has 3 N–H and O–H groups in total. The molecule has 0 aliphatic heterocycles. The third-order valence-electron chi connectivity index (χ3n) is 2.18. The van der Waals surface area contributed by atoms with Gasteiger partial charge in [0.05, 0.1) is 11.2 Å². The van der Waals surface area contributed by atoms with E-state index in [-0.39, 0.29) is 0 Å². The second-order valence-corrected chi connectivity index (χ2v) is 4.50. The summed E-state index contributed by atoms with van der Waals surface area (Å²) in [6, 6.07) is 5.02. The van der Waals surface area contributed by atoms with Crippen LogP contribution in [0.5, 0.6) is 0 Å². The summed E-state index contributed by atoms with van der Waals surface area (Å²) in [5.41, 5.74) is 1.02. The maximum absolute atomic E-state index is 10.8. The molecule has 0 atom stereocenters. The van der Waals surface area contributed by atoms with E-state index in [1.165, 1.54) is 0 Å². The molecule has 0 saturated carbocycles. The third kappa shape index (κ3) is 3.55. The highest BCUT2D eigenvalue weighted by Gasteiger charge is 2.12. The summed E-state index contributed by atoms with van der Waals surface area (Å²) in [4.78, 5) is 10.8. The van der Waals surface area contributed by atoms with Crippen molar-refractivity contribution in [2.24, 2.45) is 0 Å².